The molecule has 13 heavy (non-hydrogen) atoms. The Hall–Kier alpha value is -1.19. The summed E-state index contributed by atoms with van der Waals surface area (Å²) in [5.41, 5.74) is 0.602. The van der Waals surface area contributed by atoms with Gasteiger partial charge in [-0.3, -0.25) is 4.79 Å². The largest absolute Gasteiger partial charge is 0.292 e. The first kappa shape index (κ1) is 9.89. The first-order valence-electron chi connectivity index (χ1n) is 4.48. The Balaban J connectivity index is 3.01. The van der Waals surface area contributed by atoms with Gasteiger partial charge in [-0.2, -0.15) is 0 Å². The molecule has 0 spiro atoms. The Kier molecular flexibility index (Phi) is 2.80. The van der Waals surface area contributed by atoms with Gasteiger partial charge >= 0.3 is 0 Å². The van der Waals surface area contributed by atoms with Crippen LogP contribution in [0.2, 0.25) is 0 Å². The minimum atomic E-state index is -0.00370. The predicted octanol–water partition coefficient (Wildman–Crippen LogP) is 1.70. The molecule has 1 rings (SSSR count). The van der Waals surface area contributed by atoms with Crippen LogP contribution in [0.4, 0.5) is 0 Å². The number of Topliss-reactive ketones (excluding diaryl/α,β-unsaturated/α-hetero) is 1. The molecule has 0 aliphatic carbocycles. The van der Waals surface area contributed by atoms with Crippen molar-refractivity contribution in [3.63, 3.8) is 0 Å². The van der Waals surface area contributed by atoms with Gasteiger partial charge in [0.25, 0.3) is 0 Å². The molecule has 0 aromatic carbocycles. The number of hydrogen-bond donors (Lipinski definition) is 0. The van der Waals surface area contributed by atoms with Gasteiger partial charge in [-0.15, -0.1) is 5.10 Å². The summed E-state index contributed by atoms with van der Waals surface area (Å²) in [6.45, 7) is 7.71. The summed E-state index contributed by atoms with van der Waals surface area (Å²) in [7, 11) is 0. The summed E-state index contributed by atoms with van der Waals surface area (Å²) in [5.74, 6) is 0.0923. The van der Waals surface area contributed by atoms with E-state index in [-0.39, 0.29) is 17.7 Å². The SMILES string of the molecule is CC(C)C(=O)c1cnnn1C(C)C. The number of nitrogens with zero attached hydrogens (tertiary/aromatic N) is 3. The second-order valence-electron chi connectivity index (χ2n) is 3.68. The number of rotatable bonds is 3. The number of aromatic nitrogens is 3. The zero-order valence-corrected chi connectivity index (χ0v) is 8.48. The molecule has 72 valence electrons. The van der Waals surface area contributed by atoms with Crippen molar-refractivity contribution >= 4 is 5.78 Å². The van der Waals surface area contributed by atoms with Gasteiger partial charge in [0.2, 0.25) is 0 Å². The van der Waals surface area contributed by atoms with Crippen molar-refractivity contribution in [3.05, 3.63) is 11.9 Å². The highest BCUT2D eigenvalue weighted by Crippen LogP contribution is 2.11. The molecule has 0 saturated carbocycles. The van der Waals surface area contributed by atoms with Crippen molar-refractivity contribution in [2.75, 3.05) is 0 Å². The van der Waals surface area contributed by atoms with Crippen molar-refractivity contribution in [2.24, 2.45) is 5.92 Å². The van der Waals surface area contributed by atoms with E-state index in [0.717, 1.165) is 0 Å². The van der Waals surface area contributed by atoms with Gasteiger partial charge in [0, 0.05) is 12.0 Å². The van der Waals surface area contributed by atoms with E-state index in [2.05, 4.69) is 10.3 Å². The van der Waals surface area contributed by atoms with Gasteiger partial charge in [-0.25, -0.2) is 4.68 Å². The molecule has 0 unspecified atom stereocenters. The molecule has 0 N–H and O–H groups in total. The quantitative estimate of drug-likeness (QED) is 0.667. The van der Waals surface area contributed by atoms with E-state index < -0.39 is 0 Å². The highest BCUT2D eigenvalue weighted by molar-refractivity contribution is 5.95. The Morgan fingerprint density at radius 3 is 2.46 bits per heavy atom. The molecule has 1 aromatic heterocycles. The molecule has 0 aliphatic rings. The second kappa shape index (κ2) is 3.68. The minimum Gasteiger partial charge on any atom is -0.292 e. The van der Waals surface area contributed by atoms with Crippen LogP contribution in [-0.2, 0) is 0 Å². The van der Waals surface area contributed by atoms with E-state index in [1.54, 1.807) is 4.68 Å². The molecular formula is C9H15N3O. The van der Waals surface area contributed by atoms with Crippen LogP contribution in [-0.4, -0.2) is 20.8 Å². The van der Waals surface area contributed by atoms with Crippen LogP contribution >= 0.6 is 0 Å². The topological polar surface area (TPSA) is 47.8 Å². The van der Waals surface area contributed by atoms with Crippen molar-refractivity contribution in [1.29, 1.82) is 0 Å². The normalized spacial score (nSPS) is 11.2. The standard InChI is InChI=1S/C9H15N3O/c1-6(2)9(13)8-5-10-11-12(8)7(3)4/h5-7H,1-4H3. The van der Waals surface area contributed by atoms with E-state index in [1.165, 1.54) is 6.20 Å². The van der Waals surface area contributed by atoms with Gasteiger partial charge in [0.1, 0.15) is 5.69 Å². The predicted molar refractivity (Wildman–Crippen MR) is 49.6 cm³/mol. The molecule has 0 bridgehead atoms. The van der Waals surface area contributed by atoms with Gasteiger partial charge in [0.05, 0.1) is 6.20 Å². The van der Waals surface area contributed by atoms with Crippen LogP contribution in [0.5, 0.6) is 0 Å². The van der Waals surface area contributed by atoms with Crippen molar-refractivity contribution in [3.8, 4) is 0 Å². The first-order valence-corrected chi connectivity index (χ1v) is 4.48. The summed E-state index contributed by atoms with van der Waals surface area (Å²) in [6, 6.07) is 0.181. The van der Waals surface area contributed by atoms with Crippen LogP contribution in [0, 0.1) is 5.92 Å². The van der Waals surface area contributed by atoms with E-state index in [1.807, 2.05) is 27.7 Å². The lowest BCUT2D eigenvalue weighted by Crippen LogP contribution is -2.16. The molecule has 4 heteroatoms. The summed E-state index contributed by atoms with van der Waals surface area (Å²) in [6.07, 6.45) is 1.53. The Morgan fingerprint density at radius 2 is 2.00 bits per heavy atom. The molecule has 1 heterocycles. The average Bonchev–Trinajstić information content (AvgIpc) is 2.50. The Labute approximate surface area is 77.9 Å². The molecule has 0 amide bonds. The molecule has 0 aliphatic heterocycles. The molecule has 0 saturated heterocycles. The maximum atomic E-state index is 11.6. The summed E-state index contributed by atoms with van der Waals surface area (Å²) >= 11 is 0. The van der Waals surface area contributed by atoms with Crippen LogP contribution in [0.3, 0.4) is 0 Å². The molecule has 1 aromatic rings. The highest BCUT2D eigenvalue weighted by Gasteiger charge is 2.17. The van der Waals surface area contributed by atoms with E-state index in [9.17, 15) is 4.79 Å². The highest BCUT2D eigenvalue weighted by atomic mass is 16.1. The number of carbonyl (C=O) groups excluding carboxylic acids is 1. The summed E-state index contributed by atoms with van der Waals surface area (Å²) in [4.78, 5) is 11.6. The zero-order chi connectivity index (χ0) is 10.0. The first-order chi connectivity index (χ1) is 6.04. The molecule has 0 atom stereocenters. The van der Waals surface area contributed by atoms with E-state index >= 15 is 0 Å². The van der Waals surface area contributed by atoms with Gasteiger partial charge in [0.15, 0.2) is 5.78 Å². The molecular weight excluding hydrogens is 166 g/mol. The van der Waals surface area contributed by atoms with Gasteiger partial charge in [-0.05, 0) is 13.8 Å². The fourth-order valence-electron chi connectivity index (χ4n) is 1.10. The van der Waals surface area contributed by atoms with Crippen LogP contribution < -0.4 is 0 Å². The van der Waals surface area contributed by atoms with Gasteiger partial charge in [-0.1, -0.05) is 19.1 Å². The Morgan fingerprint density at radius 1 is 1.38 bits per heavy atom. The van der Waals surface area contributed by atoms with Crippen molar-refractivity contribution in [2.45, 2.75) is 33.7 Å². The monoisotopic (exact) mass is 181 g/mol. The van der Waals surface area contributed by atoms with E-state index in [0.29, 0.717) is 5.69 Å². The third kappa shape index (κ3) is 1.94. The smallest absolute Gasteiger partial charge is 0.185 e. The Bertz CT molecular complexity index is 302. The third-order valence-electron chi connectivity index (χ3n) is 1.84. The minimum absolute atomic E-state index is 0.00370. The molecule has 0 radical (unpaired) electrons. The number of carbonyl (C=O) groups is 1. The lowest BCUT2D eigenvalue weighted by molar-refractivity contribution is 0.0926. The van der Waals surface area contributed by atoms with Crippen LogP contribution in [0.1, 0.15) is 44.2 Å². The lowest BCUT2D eigenvalue weighted by Gasteiger charge is -2.09. The molecule has 4 nitrogen and oxygen atoms in total. The number of hydrogen-bond acceptors (Lipinski definition) is 3. The van der Waals surface area contributed by atoms with Gasteiger partial charge < -0.3 is 0 Å². The maximum absolute atomic E-state index is 11.6. The fourth-order valence-corrected chi connectivity index (χ4v) is 1.10. The van der Waals surface area contributed by atoms with Crippen LogP contribution in [0.15, 0.2) is 6.20 Å². The maximum Gasteiger partial charge on any atom is 0.185 e. The third-order valence-corrected chi connectivity index (χ3v) is 1.84. The second-order valence-corrected chi connectivity index (χ2v) is 3.68. The zero-order valence-electron chi connectivity index (χ0n) is 8.48. The average molecular weight is 181 g/mol. The van der Waals surface area contributed by atoms with Crippen molar-refractivity contribution < 1.29 is 4.79 Å². The summed E-state index contributed by atoms with van der Waals surface area (Å²) < 4.78 is 1.66. The summed E-state index contributed by atoms with van der Waals surface area (Å²) in [5, 5.41) is 7.60. The van der Waals surface area contributed by atoms with Crippen LogP contribution in [0.25, 0.3) is 0 Å². The van der Waals surface area contributed by atoms with Crippen molar-refractivity contribution in [1.82, 2.24) is 15.0 Å². The number of ketones is 1. The fraction of sp³-hybridized carbons (Fsp3) is 0.667. The van der Waals surface area contributed by atoms with E-state index in [4.69, 9.17) is 0 Å². The lowest BCUT2D eigenvalue weighted by atomic mass is 10.1. The molecule has 0 fully saturated rings.